The molecule has 1 heterocycles. The third-order valence-corrected chi connectivity index (χ3v) is 3.38. The van der Waals surface area contributed by atoms with Crippen molar-refractivity contribution in [2.45, 2.75) is 6.18 Å². The van der Waals surface area contributed by atoms with Gasteiger partial charge in [-0.25, -0.2) is 4.98 Å². The maximum Gasteiger partial charge on any atom is 0.416 e. The number of aromatic nitrogens is 2. The van der Waals surface area contributed by atoms with Crippen LogP contribution in [0.4, 0.5) is 13.2 Å². The maximum atomic E-state index is 12.7. The normalized spacial score (nSPS) is 12.0. The van der Waals surface area contributed by atoms with Gasteiger partial charge in [0.05, 0.1) is 16.6 Å². The second-order valence-electron chi connectivity index (χ2n) is 4.47. The van der Waals surface area contributed by atoms with Gasteiger partial charge in [0.15, 0.2) is 0 Å². The summed E-state index contributed by atoms with van der Waals surface area (Å²) in [5, 5.41) is 0.850. The minimum absolute atomic E-state index is 0.302. The molecule has 2 aromatic carbocycles. The third-order valence-electron chi connectivity index (χ3n) is 2.95. The van der Waals surface area contributed by atoms with E-state index in [1.165, 1.54) is 6.07 Å². The molecule has 0 saturated carbocycles. The summed E-state index contributed by atoms with van der Waals surface area (Å²) in [5.74, 6) is 0.411. The lowest BCUT2D eigenvalue weighted by atomic mass is 10.2. The molecular formula is C14H7Cl2F3N2. The lowest BCUT2D eigenvalue weighted by Crippen LogP contribution is -2.04. The first-order valence-electron chi connectivity index (χ1n) is 5.86. The zero-order valence-electron chi connectivity index (χ0n) is 10.3. The molecule has 0 amide bonds. The predicted molar refractivity (Wildman–Crippen MR) is 76.6 cm³/mol. The van der Waals surface area contributed by atoms with Gasteiger partial charge >= 0.3 is 6.18 Å². The second-order valence-corrected chi connectivity index (χ2v) is 5.35. The number of H-pyrrole nitrogens is 1. The van der Waals surface area contributed by atoms with Gasteiger partial charge in [0.2, 0.25) is 0 Å². The average Bonchev–Trinajstić information content (AvgIpc) is 2.79. The number of fused-ring (bicyclic) bond motifs is 1. The molecule has 0 bridgehead atoms. The van der Waals surface area contributed by atoms with Crippen LogP contribution in [0.3, 0.4) is 0 Å². The van der Waals surface area contributed by atoms with E-state index in [1.54, 1.807) is 18.2 Å². The van der Waals surface area contributed by atoms with E-state index in [9.17, 15) is 13.2 Å². The Balaban J connectivity index is 2.13. The van der Waals surface area contributed by atoms with Crippen molar-refractivity contribution in [2.24, 2.45) is 0 Å². The summed E-state index contributed by atoms with van der Waals surface area (Å²) in [7, 11) is 0. The molecule has 0 aliphatic heterocycles. The summed E-state index contributed by atoms with van der Waals surface area (Å²) in [4.78, 5) is 7.10. The van der Waals surface area contributed by atoms with Gasteiger partial charge in [0.1, 0.15) is 5.82 Å². The van der Waals surface area contributed by atoms with Crippen molar-refractivity contribution in [3.05, 3.63) is 52.0 Å². The largest absolute Gasteiger partial charge is 0.416 e. The van der Waals surface area contributed by atoms with Crippen LogP contribution in [0, 0.1) is 0 Å². The summed E-state index contributed by atoms with van der Waals surface area (Å²) in [6.07, 6.45) is -4.39. The zero-order valence-corrected chi connectivity index (χ0v) is 11.8. The highest BCUT2D eigenvalue weighted by Crippen LogP contribution is 2.32. The number of hydrogen-bond acceptors (Lipinski definition) is 1. The lowest BCUT2D eigenvalue weighted by molar-refractivity contribution is -0.137. The summed E-state index contributed by atoms with van der Waals surface area (Å²) >= 11 is 11.8. The van der Waals surface area contributed by atoms with Crippen molar-refractivity contribution in [3.63, 3.8) is 0 Å². The quantitative estimate of drug-likeness (QED) is 0.622. The van der Waals surface area contributed by atoms with Crippen LogP contribution < -0.4 is 0 Å². The zero-order chi connectivity index (χ0) is 15.2. The van der Waals surface area contributed by atoms with E-state index >= 15 is 0 Å². The average molecular weight is 331 g/mol. The molecule has 7 heteroatoms. The van der Waals surface area contributed by atoms with Crippen molar-refractivity contribution in [3.8, 4) is 11.4 Å². The molecule has 21 heavy (non-hydrogen) atoms. The molecule has 1 N–H and O–H groups in total. The molecule has 0 aliphatic carbocycles. The molecule has 1 aromatic heterocycles. The van der Waals surface area contributed by atoms with Crippen LogP contribution in [-0.2, 0) is 6.18 Å². The molecule has 0 fully saturated rings. The Morgan fingerprint density at radius 3 is 2.24 bits per heavy atom. The van der Waals surface area contributed by atoms with Crippen LogP contribution in [0.5, 0.6) is 0 Å². The van der Waals surface area contributed by atoms with E-state index in [-0.39, 0.29) is 0 Å². The second kappa shape index (κ2) is 4.93. The van der Waals surface area contributed by atoms with E-state index in [4.69, 9.17) is 23.2 Å². The van der Waals surface area contributed by atoms with Crippen molar-refractivity contribution in [2.75, 3.05) is 0 Å². The number of halogens is 5. The van der Waals surface area contributed by atoms with Crippen LogP contribution in [0.1, 0.15) is 5.56 Å². The highest BCUT2D eigenvalue weighted by molar-refractivity contribution is 6.35. The molecule has 3 aromatic rings. The molecule has 3 rings (SSSR count). The Morgan fingerprint density at radius 1 is 0.952 bits per heavy atom. The molecule has 0 spiro atoms. The van der Waals surface area contributed by atoms with Gasteiger partial charge in [0.25, 0.3) is 0 Å². The predicted octanol–water partition coefficient (Wildman–Crippen LogP) is 5.56. The first-order chi connectivity index (χ1) is 9.83. The van der Waals surface area contributed by atoms with Gasteiger partial charge in [-0.2, -0.15) is 13.2 Å². The number of nitrogens with zero attached hydrogens (tertiary/aromatic N) is 1. The lowest BCUT2D eigenvalue weighted by Gasteiger charge is -2.05. The molecule has 2 nitrogen and oxygen atoms in total. The standard InChI is InChI=1S/C14H7Cl2F3N2/c15-9-3-7(4-10(16)6-9)13-20-11-2-1-8(14(17,18)19)5-12(11)21-13/h1-6H,(H,20,21). The first-order valence-corrected chi connectivity index (χ1v) is 6.62. The van der Waals surface area contributed by atoms with Gasteiger partial charge in [-0.3, -0.25) is 0 Å². The summed E-state index contributed by atoms with van der Waals surface area (Å²) in [6, 6.07) is 8.18. The van der Waals surface area contributed by atoms with E-state index in [1.807, 2.05) is 0 Å². The Morgan fingerprint density at radius 2 is 1.62 bits per heavy atom. The van der Waals surface area contributed by atoms with Gasteiger partial charge in [-0.15, -0.1) is 0 Å². The van der Waals surface area contributed by atoms with E-state index in [0.29, 0.717) is 32.5 Å². The number of imidazole rings is 1. The Bertz CT molecular complexity index is 804. The molecule has 0 aliphatic rings. The highest BCUT2D eigenvalue weighted by Gasteiger charge is 2.30. The van der Waals surface area contributed by atoms with Crippen LogP contribution in [0.15, 0.2) is 36.4 Å². The van der Waals surface area contributed by atoms with Gasteiger partial charge < -0.3 is 4.98 Å². The molecule has 0 radical (unpaired) electrons. The fourth-order valence-electron chi connectivity index (χ4n) is 2.01. The highest BCUT2D eigenvalue weighted by atomic mass is 35.5. The number of nitrogens with one attached hydrogen (secondary N) is 1. The van der Waals surface area contributed by atoms with Gasteiger partial charge in [-0.05, 0) is 36.4 Å². The molecular weight excluding hydrogens is 324 g/mol. The molecule has 0 saturated heterocycles. The molecule has 0 atom stereocenters. The van der Waals surface area contributed by atoms with Crippen molar-refractivity contribution < 1.29 is 13.2 Å². The number of hydrogen-bond donors (Lipinski definition) is 1. The van der Waals surface area contributed by atoms with Crippen LogP contribution in [-0.4, -0.2) is 9.97 Å². The topological polar surface area (TPSA) is 28.7 Å². The smallest absolute Gasteiger partial charge is 0.338 e. The summed E-state index contributed by atoms with van der Waals surface area (Å²) < 4.78 is 38.0. The van der Waals surface area contributed by atoms with Crippen LogP contribution >= 0.6 is 23.2 Å². The minimum atomic E-state index is -4.39. The first kappa shape index (κ1) is 14.2. The fraction of sp³-hybridized carbons (Fsp3) is 0.0714. The Labute approximate surface area is 127 Å². The number of alkyl halides is 3. The van der Waals surface area contributed by atoms with Gasteiger partial charge in [-0.1, -0.05) is 23.2 Å². The van der Waals surface area contributed by atoms with Crippen molar-refractivity contribution in [1.82, 2.24) is 9.97 Å². The minimum Gasteiger partial charge on any atom is -0.338 e. The fourth-order valence-corrected chi connectivity index (χ4v) is 2.54. The Kier molecular flexibility index (Phi) is 3.34. The van der Waals surface area contributed by atoms with E-state index < -0.39 is 11.7 Å². The molecule has 0 unspecified atom stereocenters. The number of aromatic amines is 1. The van der Waals surface area contributed by atoms with Crippen molar-refractivity contribution >= 4 is 34.2 Å². The van der Waals surface area contributed by atoms with Crippen LogP contribution in [0.2, 0.25) is 10.0 Å². The van der Waals surface area contributed by atoms with E-state index in [0.717, 1.165) is 12.1 Å². The maximum absolute atomic E-state index is 12.7. The SMILES string of the molecule is FC(F)(F)c1ccc2nc(-c3cc(Cl)cc(Cl)c3)[nH]c2c1. The van der Waals surface area contributed by atoms with Crippen molar-refractivity contribution in [1.29, 1.82) is 0 Å². The summed E-state index contributed by atoms with van der Waals surface area (Å²) in [5.41, 5.74) is 0.622. The number of benzene rings is 2. The number of rotatable bonds is 1. The monoisotopic (exact) mass is 330 g/mol. The summed E-state index contributed by atoms with van der Waals surface area (Å²) in [6.45, 7) is 0. The third kappa shape index (κ3) is 2.84. The Hall–Kier alpha value is -1.72. The van der Waals surface area contributed by atoms with Gasteiger partial charge in [0, 0.05) is 15.6 Å². The molecule has 108 valence electrons. The van der Waals surface area contributed by atoms with E-state index in [2.05, 4.69) is 9.97 Å². The van der Waals surface area contributed by atoms with Crippen LogP contribution in [0.25, 0.3) is 22.4 Å².